The Labute approximate surface area is 77.9 Å². The summed E-state index contributed by atoms with van der Waals surface area (Å²) in [7, 11) is 2.11. The number of hydrogen-bond donors (Lipinski definition) is 1. The first-order valence-corrected chi connectivity index (χ1v) is 5.43. The van der Waals surface area contributed by atoms with Gasteiger partial charge in [-0.25, -0.2) is 0 Å². The second kappa shape index (κ2) is 6.47. The van der Waals surface area contributed by atoms with E-state index < -0.39 is 0 Å². The molecule has 0 unspecified atom stereocenters. The molecule has 0 aromatic rings. The Bertz CT molecular complexity index is 82.2. The Morgan fingerprint density at radius 3 is 1.33 bits per heavy atom. The molecule has 0 amide bonds. The highest BCUT2D eigenvalue weighted by Gasteiger charge is 2.24. The first-order chi connectivity index (χ1) is 5.74. The third-order valence-corrected chi connectivity index (χ3v) is 2.72. The third-order valence-electron chi connectivity index (χ3n) is 2.72. The monoisotopic (exact) mass is 171 g/mol. The molecule has 1 heteroatoms. The zero-order chi connectivity index (χ0) is 9.45. The molecule has 0 atom stereocenters. The van der Waals surface area contributed by atoms with Crippen LogP contribution in [0.4, 0.5) is 0 Å². The second-order valence-electron chi connectivity index (χ2n) is 3.78. The van der Waals surface area contributed by atoms with Crippen molar-refractivity contribution in [1.29, 1.82) is 0 Å². The van der Waals surface area contributed by atoms with E-state index in [-0.39, 0.29) is 0 Å². The topological polar surface area (TPSA) is 12.0 Å². The van der Waals surface area contributed by atoms with Crippen LogP contribution in [0.25, 0.3) is 0 Å². The van der Waals surface area contributed by atoms with Crippen LogP contribution in [0.2, 0.25) is 0 Å². The van der Waals surface area contributed by atoms with Crippen LogP contribution in [0, 0.1) is 0 Å². The van der Waals surface area contributed by atoms with Crippen molar-refractivity contribution in [2.75, 3.05) is 7.05 Å². The van der Waals surface area contributed by atoms with Crippen molar-refractivity contribution < 1.29 is 0 Å². The third kappa shape index (κ3) is 3.57. The Hall–Kier alpha value is -0.0400. The largest absolute Gasteiger partial charge is 0.314 e. The van der Waals surface area contributed by atoms with E-state index in [1.165, 1.54) is 38.5 Å². The minimum Gasteiger partial charge on any atom is -0.314 e. The minimum absolute atomic E-state index is 0.443. The van der Waals surface area contributed by atoms with Gasteiger partial charge in [0.25, 0.3) is 0 Å². The van der Waals surface area contributed by atoms with Gasteiger partial charge >= 0.3 is 0 Å². The smallest absolute Gasteiger partial charge is 0.0178 e. The Kier molecular flexibility index (Phi) is 6.45. The summed E-state index contributed by atoms with van der Waals surface area (Å²) >= 11 is 0. The molecule has 0 spiro atoms. The van der Waals surface area contributed by atoms with E-state index in [1.54, 1.807) is 0 Å². The lowest BCUT2D eigenvalue weighted by molar-refractivity contribution is 0.272. The van der Waals surface area contributed by atoms with E-state index in [2.05, 4.69) is 33.1 Å². The lowest BCUT2D eigenvalue weighted by Gasteiger charge is -2.33. The molecule has 0 saturated carbocycles. The lowest BCUT2D eigenvalue weighted by Crippen LogP contribution is -2.42. The number of nitrogens with one attached hydrogen (secondary N) is 1. The van der Waals surface area contributed by atoms with Gasteiger partial charge in [0.15, 0.2) is 0 Å². The maximum Gasteiger partial charge on any atom is 0.0178 e. The zero-order valence-electron chi connectivity index (χ0n) is 9.24. The number of rotatable bonds is 7. The molecule has 0 aromatic carbocycles. The standard InChI is InChI=1S/C11H25N/c1-5-8-11(12-4,9-6-2)10-7-3/h12H,5-10H2,1-4H3. The molecule has 0 saturated heterocycles. The fraction of sp³-hybridized carbons (Fsp3) is 1.00. The van der Waals surface area contributed by atoms with E-state index >= 15 is 0 Å². The van der Waals surface area contributed by atoms with Crippen LogP contribution in [-0.4, -0.2) is 12.6 Å². The maximum absolute atomic E-state index is 3.52. The summed E-state index contributed by atoms with van der Waals surface area (Å²) in [5, 5.41) is 3.52. The molecule has 0 fully saturated rings. The predicted molar refractivity (Wildman–Crippen MR) is 56.5 cm³/mol. The molecule has 0 aliphatic rings. The minimum atomic E-state index is 0.443. The van der Waals surface area contributed by atoms with E-state index in [0.29, 0.717) is 5.54 Å². The van der Waals surface area contributed by atoms with Crippen molar-refractivity contribution in [1.82, 2.24) is 5.32 Å². The van der Waals surface area contributed by atoms with Crippen LogP contribution in [-0.2, 0) is 0 Å². The quantitative estimate of drug-likeness (QED) is 0.619. The zero-order valence-corrected chi connectivity index (χ0v) is 9.24. The summed E-state index contributed by atoms with van der Waals surface area (Å²) in [6, 6.07) is 0. The van der Waals surface area contributed by atoms with Crippen molar-refractivity contribution in [2.45, 2.75) is 64.8 Å². The maximum atomic E-state index is 3.52. The molecule has 1 N–H and O–H groups in total. The van der Waals surface area contributed by atoms with Gasteiger partial charge in [0.2, 0.25) is 0 Å². The summed E-state index contributed by atoms with van der Waals surface area (Å²) in [6.07, 6.45) is 7.85. The van der Waals surface area contributed by atoms with Crippen LogP contribution in [0.5, 0.6) is 0 Å². The summed E-state index contributed by atoms with van der Waals surface area (Å²) < 4.78 is 0. The molecule has 0 heterocycles. The fourth-order valence-corrected chi connectivity index (χ4v) is 2.19. The van der Waals surface area contributed by atoms with Crippen LogP contribution in [0.1, 0.15) is 59.3 Å². The van der Waals surface area contributed by atoms with Crippen LogP contribution < -0.4 is 5.32 Å². The molecule has 0 aliphatic heterocycles. The highest BCUT2D eigenvalue weighted by molar-refractivity contribution is 4.85. The highest BCUT2D eigenvalue weighted by Crippen LogP contribution is 2.24. The van der Waals surface area contributed by atoms with Gasteiger partial charge in [-0.2, -0.15) is 0 Å². The second-order valence-corrected chi connectivity index (χ2v) is 3.78. The SMILES string of the molecule is CCCC(CCC)(CCC)NC. The van der Waals surface area contributed by atoms with E-state index in [0.717, 1.165) is 0 Å². The highest BCUT2D eigenvalue weighted by atomic mass is 14.9. The van der Waals surface area contributed by atoms with E-state index in [4.69, 9.17) is 0 Å². The van der Waals surface area contributed by atoms with Gasteiger partial charge in [-0.3, -0.25) is 0 Å². The molecule has 0 bridgehead atoms. The average molecular weight is 171 g/mol. The van der Waals surface area contributed by atoms with Crippen LogP contribution in [0.15, 0.2) is 0 Å². The molecule has 1 nitrogen and oxygen atoms in total. The van der Waals surface area contributed by atoms with Crippen molar-refractivity contribution in [3.8, 4) is 0 Å². The Balaban J connectivity index is 4.06. The molecule has 0 rings (SSSR count). The van der Waals surface area contributed by atoms with Gasteiger partial charge in [-0.15, -0.1) is 0 Å². The van der Waals surface area contributed by atoms with Crippen molar-refractivity contribution in [2.24, 2.45) is 0 Å². The normalized spacial score (nSPS) is 12.0. The molecule has 0 aromatic heterocycles. The first kappa shape index (κ1) is 12.0. The van der Waals surface area contributed by atoms with Gasteiger partial charge in [0, 0.05) is 5.54 Å². The molecule has 0 aliphatic carbocycles. The summed E-state index contributed by atoms with van der Waals surface area (Å²) in [5.74, 6) is 0. The molecule has 12 heavy (non-hydrogen) atoms. The summed E-state index contributed by atoms with van der Waals surface area (Å²) in [5.41, 5.74) is 0.443. The first-order valence-electron chi connectivity index (χ1n) is 5.43. The van der Waals surface area contributed by atoms with E-state index in [1.807, 2.05) is 0 Å². The molecular formula is C11H25N. The van der Waals surface area contributed by atoms with Crippen molar-refractivity contribution >= 4 is 0 Å². The number of hydrogen-bond acceptors (Lipinski definition) is 1. The van der Waals surface area contributed by atoms with Crippen molar-refractivity contribution in [3.63, 3.8) is 0 Å². The van der Waals surface area contributed by atoms with Crippen molar-refractivity contribution in [3.05, 3.63) is 0 Å². The Morgan fingerprint density at radius 2 is 1.17 bits per heavy atom. The predicted octanol–water partition coefficient (Wildman–Crippen LogP) is 3.34. The van der Waals surface area contributed by atoms with Gasteiger partial charge in [-0.05, 0) is 26.3 Å². The van der Waals surface area contributed by atoms with Gasteiger partial charge in [0.05, 0.1) is 0 Å². The van der Waals surface area contributed by atoms with Gasteiger partial charge in [-0.1, -0.05) is 40.0 Å². The Morgan fingerprint density at radius 1 is 0.833 bits per heavy atom. The van der Waals surface area contributed by atoms with Gasteiger partial charge < -0.3 is 5.32 Å². The summed E-state index contributed by atoms with van der Waals surface area (Å²) in [4.78, 5) is 0. The van der Waals surface area contributed by atoms with E-state index in [9.17, 15) is 0 Å². The average Bonchev–Trinajstić information content (AvgIpc) is 2.06. The lowest BCUT2D eigenvalue weighted by atomic mass is 9.84. The molecular weight excluding hydrogens is 146 g/mol. The van der Waals surface area contributed by atoms with Gasteiger partial charge in [0.1, 0.15) is 0 Å². The van der Waals surface area contributed by atoms with Crippen LogP contribution in [0.3, 0.4) is 0 Å². The summed E-state index contributed by atoms with van der Waals surface area (Å²) in [6.45, 7) is 6.83. The van der Waals surface area contributed by atoms with Crippen LogP contribution >= 0.6 is 0 Å². The fourth-order valence-electron chi connectivity index (χ4n) is 2.19. The molecule has 74 valence electrons. The molecule has 0 radical (unpaired) electrons.